The van der Waals surface area contributed by atoms with Gasteiger partial charge in [-0.25, -0.2) is 9.59 Å². The van der Waals surface area contributed by atoms with E-state index in [0.717, 1.165) is 25.7 Å². The van der Waals surface area contributed by atoms with Crippen LogP contribution in [0.3, 0.4) is 0 Å². The molecule has 0 rings (SSSR count). The third-order valence-corrected chi connectivity index (χ3v) is 5.50. The van der Waals surface area contributed by atoms with Gasteiger partial charge in [-0.2, -0.15) is 0 Å². The van der Waals surface area contributed by atoms with Gasteiger partial charge in [-0.1, -0.05) is 39.0 Å². The summed E-state index contributed by atoms with van der Waals surface area (Å²) in [5.74, 6) is -1.31. The van der Waals surface area contributed by atoms with Crippen molar-refractivity contribution in [3.05, 3.63) is 0 Å². The highest BCUT2D eigenvalue weighted by Crippen LogP contribution is 2.09. The highest BCUT2D eigenvalue weighted by atomic mass is 32.2. The summed E-state index contributed by atoms with van der Waals surface area (Å²) in [5.41, 5.74) is 0. The maximum Gasteiger partial charge on any atom is 0.347 e. The first-order valence-corrected chi connectivity index (χ1v) is 12.9. The first-order chi connectivity index (χ1) is 12.8. The summed E-state index contributed by atoms with van der Waals surface area (Å²) >= 11 is 0. The van der Waals surface area contributed by atoms with Crippen molar-refractivity contribution >= 4 is 33.5 Å². The Kier molecular flexibility index (Phi) is 15.7. The van der Waals surface area contributed by atoms with Crippen molar-refractivity contribution in [3.63, 3.8) is 0 Å². The minimum absolute atomic E-state index is 0.0127. The number of esters is 2. The molecule has 9 heteroatoms. The number of unbranched alkanes of at least 4 members (excludes halogenated alkanes) is 5. The van der Waals surface area contributed by atoms with Gasteiger partial charge in [0.1, 0.15) is 0 Å². The van der Waals surface area contributed by atoms with Gasteiger partial charge in [-0.3, -0.25) is 8.42 Å². The number of ether oxygens (including phenoxy) is 2. The smallest absolute Gasteiger partial charge is 0.347 e. The second kappa shape index (κ2) is 16.2. The van der Waals surface area contributed by atoms with E-state index in [4.69, 9.17) is 9.47 Å². The van der Waals surface area contributed by atoms with E-state index in [-0.39, 0.29) is 31.0 Å². The zero-order valence-corrected chi connectivity index (χ0v) is 18.3. The van der Waals surface area contributed by atoms with Crippen LogP contribution in [0.2, 0.25) is 0 Å². The average Bonchev–Trinajstić information content (AvgIpc) is 2.61. The quantitative estimate of drug-likeness (QED) is 0.296. The molecule has 160 valence electrons. The number of hydrogen-bond donors (Lipinski definition) is 1. The normalized spacial score (nSPS) is 15.6. The molecule has 0 aromatic carbocycles. The Bertz CT molecular complexity index is 482. The van der Waals surface area contributed by atoms with Gasteiger partial charge in [-0.15, -0.1) is 0 Å². The average molecular weight is 427 g/mol. The highest BCUT2D eigenvalue weighted by Gasteiger charge is 2.28. The van der Waals surface area contributed by atoms with Crippen LogP contribution in [0.5, 0.6) is 0 Å². The molecular weight excluding hydrogens is 392 g/mol. The molecule has 1 N–H and O–H groups in total. The summed E-state index contributed by atoms with van der Waals surface area (Å²) in [6.07, 6.45) is 6.68. The van der Waals surface area contributed by atoms with Crippen molar-refractivity contribution in [2.75, 3.05) is 30.6 Å². The number of carbonyl (C=O) groups excluding carboxylic acids is 2. The molecule has 0 heterocycles. The van der Waals surface area contributed by atoms with Crippen LogP contribution in [0.25, 0.3) is 0 Å². The SMILES string of the molecule is CCCCCCCCOC(=O)C(CCS(C)=O)OC(=O)C(O)CCS(C)=O. The fraction of sp³-hybridized carbons (Fsp3) is 0.889. The first kappa shape index (κ1) is 26.2. The molecule has 0 bridgehead atoms. The molecule has 0 aliphatic rings. The van der Waals surface area contributed by atoms with Crippen LogP contribution >= 0.6 is 0 Å². The van der Waals surface area contributed by atoms with E-state index < -0.39 is 45.7 Å². The standard InChI is InChI=1S/C18H34O7S2/c1-4-5-6-7-8-9-12-24-18(21)16(11-14-27(3)23)25-17(20)15(19)10-13-26(2)22/h15-16,19H,4-14H2,1-3H3. The zero-order chi connectivity index (χ0) is 20.7. The van der Waals surface area contributed by atoms with Crippen LogP contribution in [0.15, 0.2) is 0 Å². The number of carbonyl (C=O) groups is 2. The maximum atomic E-state index is 12.2. The molecule has 0 aliphatic carbocycles. The van der Waals surface area contributed by atoms with Crippen LogP contribution < -0.4 is 0 Å². The summed E-state index contributed by atoms with van der Waals surface area (Å²) in [5, 5.41) is 9.77. The molecule has 7 nitrogen and oxygen atoms in total. The van der Waals surface area contributed by atoms with Gasteiger partial charge in [0.05, 0.1) is 6.61 Å². The second-order valence-corrected chi connectivity index (χ2v) is 9.62. The first-order valence-electron chi connectivity index (χ1n) is 9.43. The van der Waals surface area contributed by atoms with Gasteiger partial charge in [0.15, 0.2) is 12.2 Å². The van der Waals surface area contributed by atoms with Crippen molar-refractivity contribution in [3.8, 4) is 0 Å². The summed E-state index contributed by atoms with van der Waals surface area (Å²) in [7, 11) is -2.29. The minimum atomic E-state index is -1.45. The van der Waals surface area contributed by atoms with E-state index in [9.17, 15) is 23.1 Å². The molecule has 4 atom stereocenters. The van der Waals surface area contributed by atoms with Crippen molar-refractivity contribution in [2.45, 2.75) is 70.5 Å². The van der Waals surface area contributed by atoms with Crippen molar-refractivity contribution in [1.29, 1.82) is 0 Å². The Morgan fingerprint density at radius 3 is 2.04 bits per heavy atom. The Labute approximate surface area is 167 Å². The Morgan fingerprint density at radius 1 is 0.889 bits per heavy atom. The highest BCUT2D eigenvalue weighted by molar-refractivity contribution is 7.84. The van der Waals surface area contributed by atoms with E-state index in [0.29, 0.717) is 0 Å². The molecule has 0 radical (unpaired) electrons. The zero-order valence-electron chi connectivity index (χ0n) is 16.6. The molecule has 0 amide bonds. The molecule has 4 unspecified atom stereocenters. The Hall–Kier alpha value is -0.800. The van der Waals surface area contributed by atoms with Crippen molar-refractivity contribution in [2.24, 2.45) is 0 Å². The molecule has 0 spiro atoms. The summed E-state index contributed by atoms with van der Waals surface area (Å²) < 4.78 is 32.6. The lowest BCUT2D eigenvalue weighted by molar-refractivity contribution is -0.173. The topological polar surface area (TPSA) is 107 Å². The van der Waals surface area contributed by atoms with Crippen LogP contribution in [0, 0.1) is 0 Å². The van der Waals surface area contributed by atoms with E-state index in [1.807, 2.05) is 0 Å². The van der Waals surface area contributed by atoms with Gasteiger partial charge >= 0.3 is 11.9 Å². The molecule has 0 saturated heterocycles. The maximum absolute atomic E-state index is 12.2. The lowest BCUT2D eigenvalue weighted by Crippen LogP contribution is -2.35. The number of hydrogen-bond acceptors (Lipinski definition) is 7. The molecule has 0 aliphatic heterocycles. The van der Waals surface area contributed by atoms with E-state index in [1.54, 1.807) is 0 Å². The molecule has 0 aromatic heterocycles. The molecule has 0 aromatic rings. The third kappa shape index (κ3) is 14.9. The van der Waals surface area contributed by atoms with E-state index in [1.165, 1.54) is 25.4 Å². The fourth-order valence-corrected chi connectivity index (χ4v) is 3.36. The van der Waals surface area contributed by atoms with Crippen LogP contribution in [-0.4, -0.2) is 68.3 Å². The van der Waals surface area contributed by atoms with Crippen LogP contribution in [-0.2, 0) is 40.7 Å². The van der Waals surface area contributed by atoms with Crippen molar-refractivity contribution < 1.29 is 32.6 Å². The van der Waals surface area contributed by atoms with Crippen LogP contribution in [0.1, 0.15) is 58.3 Å². The molecule has 0 saturated carbocycles. The lowest BCUT2D eigenvalue weighted by atomic mass is 10.1. The molecule has 27 heavy (non-hydrogen) atoms. The second-order valence-electron chi connectivity index (χ2n) is 6.51. The van der Waals surface area contributed by atoms with Gasteiger partial charge < -0.3 is 14.6 Å². The summed E-state index contributed by atoms with van der Waals surface area (Å²) in [6.45, 7) is 2.39. The summed E-state index contributed by atoms with van der Waals surface area (Å²) in [4.78, 5) is 24.1. The Morgan fingerprint density at radius 2 is 1.44 bits per heavy atom. The van der Waals surface area contributed by atoms with Gasteiger partial charge in [0.2, 0.25) is 0 Å². The number of aliphatic hydroxyl groups excluding tert-OH is 1. The van der Waals surface area contributed by atoms with Gasteiger partial charge in [0.25, 0.3) is 0 Å². The predicted molar refractivity (Wildman–Crippen MR) is 107 cm³/mol. The minimum Gasteiger partial charge on any atom is -0.463 e. The van der Waals surface area contributed by atoms with E-state index in [2.05, 4.69) is 6.92 Å². The monoisotopic (exact) mass is 426 g/mol. The fourth-order valence-electron chi connectivity index (χ4n) is 2.26. The third-order valence-electron chi connectivity index (χ3n) is 3.88. The molecular formula is C18H34O7S2. The van der Waals surface area contributed by atoms with E-state index >= 15 is 0 Å². The Balaban J connectivity index is 4.42. The summed E-state index contributed by atoms with van der Waals surface area (Å²) in [6, 6.07) is 0. The largest absolute Gasteiger partial charge is 0.463 e. The van der Waals surface area contributed by atoms with Gasteiger partial charge in [0, 0.05) is 52.0 Å². The molecule has 0 fully saturated rings. The lowest BCUT2D eigenvalue weighted by Gasteiger charge is -2.18. The predicted octanol–water partition coefficient (Wildman–Crippen LogP) is 1.70. The van der Waals surface area contributed by atoms with Gasteiger partial charge in [-0.05, 0) is 12.8 Å². The van der Waals surface area contributed by atoms with Crippen molar-refractivity contribution in [1.82, 2.24) is 0 Å². The number of aliphatic hydroxyl groups is 1. The number of rotatable bonds is 16. The van der Waals surface area contributed by atoms with Crippen LogP contribution in [0.4, 0.5) is 0 Å².